The third-order valence-electron chi connectivity index (χ3n) is 5.18. The maximum atomic E-state index is 13.1. The Labute approximate surface area is 164 Å². The van der Waals surface area contributed by atoms with Gasteiger partial charge < -0.3 is 14.2 Å². The number of nitrogens with zero attached hydrogens (tertiary/aromatic N) is 5. The minimum Gasteiger partial charge on any atom is -0.383 e. The van der Waals surface area contributed by atoms with Crippen molar-refractivity contribution in [3.8, 4) is 11.3 Å². The fourth-order valence-corrected chi connectivity index (χ4v) is 3.72. The summed E-state index contributed by atoms with van der Waals surface area (Å²) in [5.74, 6) is 2.08. The van der Waals surface area contributed by atoms with Gasteiger partial charge in [0.05, 0.1) is 12.3 Å². The van der Waals surface area contributed by atoms with Gasteiger partial charge in [0, 0.05) is 50.6 Å². The fourth-order valence-electron chi connectivity index (χ4n) is 3.72. The van der Waals surface area contributed by atoms with Gasteiger partial charge >= 0.3 is 0 Å². The quantitative estimate of drug-likeness (QED) is 0.654. The van der Waals surface area contributed by atoms with E-state index < -0.39 is 0 Å². The Hall–Kier alpha value is -2.80. The minimum atomic E-state index is -0.253. The highest BCUT2D eigenvalue weighted by atomic mass is 19.1. The van der Waals surface area contributed by atoms with Crippen molar-refractivity contribution < 1.29 is 9.13 Å². The Balaban J connectivity index is 1.47. The van der Waals surface area contributed by atoms with Crippen molar-refractivity contribution in [1.29, 1.82) is 0 Å². The van der Waals surface area contributed by atoms with Crippen molar-refractivity contribution >= 4 is 5.82 Å². The van der Waals surface area contributed by atoms with Crippen LogP contribution in [0.25, 0.3) is 11.3 Å². The molecule has 6 nitrogen and oxygen atoms in total. The molecule has 1 aliphatic rings. The van der Waals surface area contributed by atoms with E-state index in [1.807, 2.05) is 24.5 Å². The van der Waals surface area contributed by atoms with Crippen LogP contribution in [-0.2, 0) is 11.3 Å². The van der Waals surface area contributed by atoms with Gasteiger partial charge in [-0.3, -0.25) is 0 Å². The van der Waals surface area contributed by atoms with Gasteiger partial charge in [0.1, 0.15) is 11.6 Å². The van der Waals surface area contributed by atoms with E-state index in [-0.39, 0.29) is 5.82 Å². The number of hydrogen-bond acceptors (Lipinski definition) is 5. The number of anilines is 1. The summed E-state index contributed by atoms with van der Waals surface area (Å²) >= 11 is 0. The van der Waals surface area contributed by atoms with E-state index in [9.17, 15) is 4.39 Å². The molecule has 0 bridgehead atoms. The zero-order valence-corrected chi connectivity index (χ0v) is 16.0. The lowest BCUT2D eigenvalue weighted by Gasteiger charge is -2.33. The van der Waals surface area contributed by atoms with Crippen LogP contribution in [0.3, 0.4) is 0 Å². The second-order valence-electron chi connectivity index (χ2n) is 7.04. The second-order valence-corrected chi connectivity index (χ2v) is 7.04. The number of aromatic nitrogens is 4. The molecule has 1 fully saturated rings. The molecular formula is C21H24FN5O. The first kappa shape index (κ1) is 18.6. The van der Waals surface area contributed by atoms with Gasteiger partial charge in [0.2, 0.25) is 0 Å². The lowest BCUT2D eigenvalue weighted by molar-refractivity contribution is 0.185. The topological polar surface area (TPSA) is 56.1 Å². The maximum Gasteiger partial charge on any atom is 0.151 e. The molecular weight excluding hydrogens is 357 g/mol. The number of piperidine rings is 1. The van der Waals surface area contributed by atoms with E-state index in [0.29, 0.717) is 12.5 Å². The van der Waals surface area contributed by atoms with Gasteiger partial charge in [-0.1, -0.05) is 0 Å². The summed E-state index contributed by atoms with van der Waals surface area (Å²) in [6.45, 7) is 3.32. The smallest absolute Gasteiger partial charge is 0.151 e. The average Bonchev–Trinajstić information content (AvgIpc) is 3.22. The lowest BCUT2D eigenvalue weighted by Crippen LogP contribution is -2.36. The summed E-state index contributed by atoms with van der Waals surface area (Å²) in [7, 11) is 1.72. The molecule has 1 saturated heterocycles. The molecule has 28 heavy (non-hydrogen) atoms. The highest BCUT2D eigenvalue weighted by molar-refractivity contribution is 5.59. The second kappa shape index (κ2) is 8.48. The van der Waals surface area contributed by atoms with Crippen LogP contribution in [0, 0.1) is 5.82 Å². The molecule has 0 spiro atoms. The van der Waals surface area contributed by atoms with Crippen molar-refractivity contribution in [2.45, 2.75) is 25.3 Å². The summed E-state index contributed by atoms with van der Waals surface area (Å²) in [5, 5.41) is 8.77. The molecule has 146 valence electrons. The number of methoxy groups -OCH3 is 1. The predicted octanol–water partition coefficient (Wildman–Crippen LogP) is 3.51. The van der Waals surface area contributed by atoms with E-state index in [1.165, 1.54) is 12.1 Å². The van der Waals surface area contributed by atoms with Crippen molar-refractivity contribution in [2.24, 2.45) is 0 Å². The van der Waals surface area contributed by atoms with Crippen molar-refractivity contribution in [1.82, 2.24) is 19.7 Å². The van der Waals surface area contributed by atoms with E-state index in [0.717, 1.165) is 55.4 Å². The van der Waals surface area contributed by atoms with E-state index in [2.05, 4.69) is 24.6 Å². The molecule has 0 aliphatic carbocycles. The zero-order chi connectivity index (χ0) is 19.3. The van der Waals surface area contributed by atoms with Crippen LogP contribution in [0.15, 0.2) is 48.8 Å². The molecule has 7 heteroatoms. The number of halogens is 1. The van der Waals surface area contributed by atoms with E-state index in [1.54, 1.807) is 19.2 Å². The molecule has 4 rings (SSSR count). The van der Waals surface area contributed by atoms with Crippen LogP contribution in [0.1, 0.15) is 24.6 Å². The standard InChI is InChI=1S/C21H24FN5O/c1-28-14-13-26-12-10-23-21(26)17-3-2-11-27(15-17)20-9-8-19(24-25-20)16-4-6-18(22)7-5-16/h4-10,12,17H,2-3,11,13-15H2,1H3/t17-/m1/s1. The summed E-state index contributed by atoms with van der Waals surface area (Å²) in [6.07, 6.45) is 6.08. The van der Waals surface area contributed by atoms with Gasteiger partial charge in [-0.05, 0) is 49.2 Å². The van der Waals surface area contributed by atoms with E-state index >= 15 is 0 Å². The van der Waals surface area contributed by atoms with Crippen molar-refractivity contribution in [3.05, 3.63) is 60.4 Å². The summed E-state index contributed by atoms with van der Waals surface area (Å²) in [6, 6.07) is 10.2. The third-order valence-corrected chi connectivity index (χ3v) is 5.18. The zero-order valence-electron chi connectivity index (χ0n) is 16.0. The molecule has 1 aliphatic heterocycles. The molecule has 0 radical (unpaired) electrons. The van der Waals surface area contributed by atoms with Crippen LogP contribution in [0.5, 0.6) is 0 Å². The number of ether oxygens (including phenoxy) is 1. The van der Waals surface area contributed by atoms with Gasteiger partial charge in [-0.2, -0.15) is 0 Å². The Morgan fingerprint density at radius 2 is 2.00 bits per heavy atom. The molecule has 0 N–H and O–H groups in total. The summed E-state index contributed by atoms with van der Waals surface area (Å²) < 4.78 is 20.5. The molecule has 0 amide bonds. The highest BCUT2D eigenvalue weighted by Crippen LogP contribution is 2.29. The summed E-state index contributed by atoms with van der Waals surface area (Å²) in [5.41, 5.74) is 1.60. The normalized spacial score (nSPS) is 17.1. The fraction of sp³-hybridized carbons (Fsp3) is 0.381. The molecule has 1 aromatic carbocycles. The van der Waals surface area contributed by atoms with Gasteiger partial charge in [-0.15, -0.1) is 10.2 Å². The monoisotopic (exact) mass is 381 g/mol. The first-order valence-electron chi connectivity index (χ1n) is 9.59. The lowest BCUT2D eigenvalue weighted by atomic mass is 9.97. The minimum absolute atomic E-state index is 0.253. The number of hydrogen-bond donors (Lipinski definition) is 0. The summed E-state index contributed by atoms with van der Waals surface area (Å²) in [4.78, 5) is 6.86. The Morgan fingerprint density at radius 3 is 2.75 bits per heavy atom. The molecule has 3 aromatic rings. The van der Waals surface area contributed by atoms with Gasteiger partial charge in [0.25, 0.3) is 0 Å². The van der Waals surface area contributed by atoms with Gasteiger partial charge in [0.15, 0.2) is 5.82 Å². The van der Waals surface area contributed by atoms with Crippen LogP contribution in [0.4, 0.5) is 10.2 Å². The average molecular weight is 381 g/mol. The van der Waals surface area contributed by atoms with Crippen molar-refractivity contribution in [2.75, 3.05) is 31.7 Å². The van der Waals surface area contributed by atoms with Crippen LogP contribution < -0.4 is 4.90 Å². The Kier molecular flexibility index (Phi) is 5.62. The first-order chi connectivity index (χ1) is 13.7. The highest BCUT2D eigenvalue weighted by Gasteiger charge is 2.25. The largest absolute Gasteiger partial charge is 0.383 e. The number of imidazole rings is 1. The molecule has 1 atom stereocenters. The third kappa shape index (κ3) is 4.04. The van der Waals surface area contributed by atoms with Crippen molar-refractivity contribution in [3.63, 3.8) is 0 Å². The molecule has 3 heterocycles. The molecule has 0 saturated carbocycles. The SMILES string of the molecule is COCCn1ccnc1[C@@H]1CCCN(c2ccc(-c3ccc(F)cc3)nn2)C1. The van der Waals surface area contributed by atoms with Crippen LogP contribution in [0.2, 0.25) is 0 Å². The molecule has 2 aromatic heterocycles. The van der Waals surface area contributed by atoms with Gasteiger partial charge in [-0.25, -0.2) is 9.37 Å². The van der Waals surface area contributed by atoms with Crippen LogP contribution >= 0.6 is 0 Å². The molecule has 0 unspecified atom stereocenters. The van der Waals surface area contributed by atoms with E-state index in [4.69, 9.17) is 4.74 Å². The number of benzene rings is 1. The Morgan fingerprint density at radius 1 is 1.14 bits per heavy atom. The van der Waals surface area contributed by atoms with Crippen LogP contribution in [-0.4, -0.2) is 46.6 Å². The predicted molar refractivity (Wildman–Crippen MR) is 106 cm³/mol. The maximum absolute atomic E-state index is 13.1. The first-order valence-corrected chi connectivity index (χ1v) is 9.59. The Bertz CT molecular complexity index is 894. The number of rotatable bonds is 6.